The Morgan fingerprint density at radius 1 is 1.25 bits per heavy atom. The standard InChI is InChI=1S/C17H28N2O/c1-14(11-12-18)9-10-16(20)19-13-17(2,3)15-7-5-4-6-8-15/h4-8,14H,9-13,18H2,1-3H3,(H,19,20). The summed E-state index contributed by atoms with van der Waals surface area (Å²) in [5.41, 5.74) is 6.72. The number of carbonyl (C=O) groups is 1. The van der Waals surface area contributed by atoms with Gasteiger partial charge in [-0.25, -0.2) is 0 Å². The molecule has 0 aliphatic rings. The maximum atomic E-state index is 11.9. The van der Waals surface area contributed by atoms with Gasteiger partial charge in [-0.05, 0) is 30.9 Å². The third-order valence-electron chi connectivity index (χ3n) is 3.81. The molecule has 0 saturated carbocycles. The Kier molecular flexibility index (Phi) is 6.73. The van der Waals surface area contributed by atoms with Crippen molar-refractivity contribution in [3.05, 3.63) is 35.9 Å². The van der Waals surface area contributed by atoms with Gasteiger partial charge in [-0.15, -0.1) is 0 Å². The minimum atomic E-state index is -0.0419. The first-order chi connectivity index (χ1) is 9.45. The van der Waals surface area contributed by atoms with Crippen LogP contribution in [-0.2, 0) is 10.2 Å². The maximum Gasteiger partial charge on any atom is 0.220 e. The average Bonchev–Trinajstić information content (AvgIpc) is 2.44. The number of benzene rings is 1. The summed E-state index contributed by atoms with van der Waals surface area (Å²) < 4.78 is 0. The molecule has 0 saturated heterocycles. The van der Waals surface area contributed by atoms with Crippen molar-refractivity contribution >= 4 is 5.91 Å². The molecular formula is C17H28N2O. The van der Waals surface area contributed by atoms with Crippen molar-refractivity contribution in [1.82, 2.24) is 5.32 Å². The Morgan fingerprint density at radius 2 is 1.90 bits per heavy atom. The van der Waals surface area contributed by atoms with Crippen LogP contribution in [-0.4, -0.2) is 19.0 Å². The van der Waals surface area contributed by atoms with Crippen molar-refractivity contribution in [2.24, 2.45) is 11.7 Å². The fourth-order valence-corrected chi connectivity index (χ4v) is 2.21. The summed E-state index contributed by atoms with van der Waals surface area (Å²) >= 11 is 0. The molecule has 3 nitrogen and oxygen atoms in total. The molecular weight excluding hydrogens is 248 g/mol. The van der Waals surface area contributed by atoms with E-state index in [1.165, 1.54) is 5.56 Å². The van der Waals surface area contributed by atoms with Gasteiger partial charge in [0.15, 0.2) is 0 Å². The lowest BCUT2D eigenvalue weighted by Crippen LogP contribution is -2.36. The van der Waals surface area contributed by atoms with Crippen LogP contribution in [0.25, 0.3) is 0 Å². The van der Waals surface area contributed by atoms with Crippen LogP contribution in [0.4, 0.5) is 0 Å². The Balaban J connectivity index is 2.37. The van der Waals surface area contributed by atoms with Crippen LogP contribution in [0.5, 0.6) is 0 Å². The molecule has 0 aliphatic heterocycles. The highest BCUT2D eigenvalue weighted by atomic mass is 16.1. The molecule has 0 aliphatic carbocycles. The van der Waals surface area contributed by atoms with E-state index in [1.807, 2.05) is 18.2 Å². The van der Waals surface area contributed by atoms with E-state index >= 15 is 0 Å². The number of nitrogens with one attached hydrogen (secondary N) is 1. The van der Waals surface area contributed by atoms with Crippen LogP contribution in [0.3, 0.4) is 0 Å². The molecule has 0 radical (unpaired) electrons. The van der Waals surface area contributed by atoms with E-state index in [2.05, 4.69) is 38.2 Å². The van der Waals surface area contributed by atoms with Crippen LogP contribution in [0, 0.1) is 5.92 Å². The van der Waals surface area contributed by atoms with Gasteiger partial charge in [0.05, 0.1) is 0 Å². The predicted molar refractivity (Wildman–Crippen MR) is 84.5 cm³/mol. The lowest BCUT2D eigenvalue weighted by atomic mass is 9.84. The largest absolute Gasteiger partial charge is 0.355 e. The van der Waals surface area contributed by atoms with Crippen LogP contribution >= 0.6 is 0 Å². The first-order valence-corrected chi connectivity index (χ1v) is 7.48. The molecule has 1 rings (SSSR count). The van der Waals surface area contributed by atoms with Crippen LogP contribution in [0.15, 0.2) is 30.3 Å². The van der Waals surface area contributed by atoms with E-state index < -0.39 is 0 Å². The lowest BCUT2D eigenvalue weighted by Gasteiger charge is -2.25. The summed E-state index contributed by atoms with van der Waals surface area (Å²) in [7, 11) is 0. The van der Waals surface area contributed by atoms with Crippen LogP contribution < -0.4 is 11.1 Å². The van der Waals surface area contributed by atoms with E-state index in [-0.39, 0.29) is 11.3 Å². The SMILES string of the molecule is CC(CCN)CCC(=O)NCC(C)(C)c1ccccc1. The second kappa shape index (κ2) is 8.05. The number of hydrogen-bond donors (Lipinski definition) is 2. The number of nitrogens with two attached hydrogens (primary N) is 1. The van der Waals surface area contributed by atoms with Crippen molar-refractivity contribution in [3.63, 3.8) is 0 Å². The fraction of sp³-hybridized carbons (Fsp3) is 0.588. The number of carbonyl (C=O) groups excluding carboxylic acids is 1. The molecule has 0 bridgehead atoms. The minimum Gasteiger partial charge on any atom is -0.355 e. The number of amides is 1. The third kappa shape index (κ3) is 5.74. The van der Waals surface area contributed by atoms with Crippen molar-refractivity contribution in [2.75, 3.05) is 13.1 Å². The van der Waals surface area contributed by atoms with Gasteiger partial charge in [-0.1, -0.05) is 51.1 Å². The summed E-state index contributed by atoms with van der Waals surface area (Å²) in [5.74, 6) is 0.658. The summed E-state index contributed by atoms with van der Waals surface area (Å²) in [6.45, 7) is 7.82. The molecule has 1 unspecified atom stereocenters. The Morgan fingerprint density at radius 3 is 2.50 bits per heavy atom. The van der Waals surface area contributed by atoms with Gasteiger partial charge in [0.1, 0.15) is 0 Å². The third-order valence-corrected chi connectivity index (χ3v) is 3.81. The first-order valence-electron chi connectivity index (χ1n) is 7.48. The zero-order chi connectivity index (χ0) is 15.0. The van der Waals surface area contributed by atoms with Gasteiger partial charge in [-0.2, -0.15) is 0 Å². The lowest BCUT2D eigenvalue weighted by molar-refractivity contribution is -0.121. The molecule has 0 aromatic heterocycles. The quantitative estimate of drug-likeness (QED) is 0.767. The molecule has 0 spiro atoms. The van der Waals surface area contributed by atoms with Crippen LogP contribution in [0.2, 0.25) is 0 Å². The molecule has 20 heavy (non-hydrogen) atoms. The summed E-state index contributed by atoms with van der Waals surface area (Å²) in [4.78, 5) is 11.9. The highest BCUT2D eigenvalue weighted by molar-refractivity contribution is 5.76. The Labute approximate surface area is 122 Å². The van der Waals surface area contributed by atoms with E-state index in [0.717, 1.165) is 12.8 Å². The van der Waals surface area contributed by atoms with E-state index in [4.69, 9.17) is 5.73 Å². The summed E-state index contributed by atoms with van der Waals surface area (Å²) in [6, 6.07) is 10.3. The van der Waals surface area contributed by atoms with Crippen molar-refractivity contribution in [2.45, 2.75) is 45.4 Å². The first kappa shape index (κ1) is 16.7. The molecule has 3 N–H and O–H groups in total. The Hall–Kier alpha value is -1.35. The second-order valence-corrected chi connectivity index (χ2v) is 6.25. The van der Waals surface area contributed by atoms with Gasteiger partial charge in [0.2, 0.25) is 5.91 Å². The summed E-state index contributed by atoms with van der Waals surface area (Å²) in [5, 5.41) is 3.05. The van der Waals surface area contributed by atoms with E-state index in [1.54, 1.807) is 0 Å². The highest BCUT2D eigenvalue weighted by Gasteiger charge is 2.21. The van der Waals surface area contributed by atoms with Gasteiger partial charge >= 0.3 is 0 Å². The molecule has 1 aromatic rings. The van der Waals surface area contributed by atoms with Crippen molar-refractivity contribution in [3.8, 4) is 0 Å². The van der Waals surface area contributed by atoms with Crippen LogP contribution in [0.1, 0.15) is 45.6 Å². The molecule has 0 heterocycles. The molecule has 3 heteroatoms. The minimum absolute atomic E-state index is 0.0419. The molecule has 1 amide bonds. The fourth-order valence-electron chi connectivity index (χ4n) is 2.21. The monoisotopic (exact) mass is 276 g/mol. The average molecular weight is 276 g/mol. The molecule has 112 valence electrons. The molecule has 1 atom stereocenters. The number of hydrogen-bond acceptors (Lipinski definition) is 2. The normalized spacial score (nSPS) is 13.0. The van der Waals surface area contributed by atoms with E-state index in [0.29, 0.717) is 25.4 Å². The molecule has 0 fully saturated rings. The topological polar surface area (TPSA) is 55.1 Å². The highest BCUT2D eigenvalue weighted by Crippen LogP contribution is 2.21. The van der Waals surface area contributed by atoms with Gasteiger partial charge < -0.3 is 11.1 Å². The zero-order valence-electron chi connectivity index (χ0n) is 13.0. The maximum absolute atomic E-state index is 11.9. The van der Waals surface area contributed by atoms with Gasteiger partial charge in [-0.3, -0.25) is 4.79 Å². The zero-order valence-corrected chi connectivity index (χ0v) is 13.0. The van der Waals surface area contributed by atoms with E-state index in [9.17, 15) is 4.79 Å². The predicted octanol–water partition coefficient (Wildman–Crippen LogP) is 2.85. The Bertz CT molecular complexity index is 401. The van der Waals surface area contributed by atoms with Gasteiger partial charge in [0, 0.05) is 18.4 Å². The smallest absolute Gasteiger partial charge is 0.220 e. The van der Waals surface area contributed by atoms with Gasteiger partial charge in [0.25, 0.3) is 0 Å². The van der Waals surface area contributed by atoms with Crippen molar-refractivity contribution < 1.29 is 4.79 Å². The number of rotatable bonds is 8. The molecule has 1 aromatic carbocycles. The second-order valence-electron chi connectivity index (χ2n) is 6.25. The summed E-state index contributed by atoms with van der Waals surface area (Å²) in [6.07, 6.45) is 2.49. The van der Waals surface area contributed by atoms with Crippen molar-refractivity contribution in [1.29, 1.82) is 0 Å².